The Hall–Kier alpha value is -2.05. The quantitative estimate of drug-likeness (QED) is 0.727. The molecule has 2 heterocycles. The second-order valence-corrected chi connectivity index (χ2v) is 7.39. The van der Waals surface area contributed by atoms with Gasteiger partial charge in [0.1, 0.15) is 0 Å². The summed E-state index contributed by atoms with van der Waals surface area (Å²) in [7, 11) is 0. The lowest BCUT2D eigenvalue weighted by molar-refractivity contribution is -0.218. The Labute approximate surface area is 143 Å². The number of ether oxygens (including phenoxy) is 1. The van der Waals surface area contributed by atoms with E-state index in [1.54, 1.807) is 24.3 Å². The number of fused-ring (bicyclic) bond motifs is 1. The number of carbonyl (C=O) groups excluding carboxylic acids is 2. The van der Waals surface area contributed by atoms with Crippen molar-refractivity contribution in [1.29, 1.82) is 0 Å². The highest BCUT2D eigenvalue weighted by Crippen LogP contribution is 2.45. The number of hydrogen-bond donors (Lipinski definition) is 0. The molecule has 2 unspecified atom stereocenters. The third-order valence-electron chi connectivity index (χ3n) is 5.10. The molecule has 1 fully saturated rings. The van der Waals surface area contributed by atoms with E-state index in [1.165, 1.54) is 18.7 Å². The summed E-state index contributed by atoms with van der Waals surface area (Å²) in [6.07, 6.45) is -5.14. The van der Waals surface area contributed by atoms with Gasteiger partial charge in [0.25, 0.3) is 5.91 Å². The summed E-state index contributed by atoms with van der Waals surface area (Å²) < 4.78 is 44.7. The predicted octanol–water partition coefficient (Wildman–Crippen LogP) is 3.21. The molecule has 1 aromatic carbocycles. The van der Waals surface area contributed by atoms with Gasteiger partial charge >= 0.3 is 12.1 Å². The molecule has 25 heavy (non-hydrogen) atoms. The molecule has 0 saturated carbocycles. The van der Waals surface area contributed by atoms with Crippen molar-refractivity contribution in [2.75, 3.05) is 13.1 Å². The molecule has 1 aromatic rings. The molecule has 0 aliphatic carbocycles. The fourth-order valence-electron chi connectivity index (χ4n) is 3.82. The van der Waals surface area contributed by atoms with Crippen LogP contribution in [0, 0.1) is 11.3 Å². The number of esters is 1. The Morgan fingerprint density at radius 2 is 1.96 bits per heavy atom. The topological polar surface area (TPSA) is 46.6 Å². The van der Waals surface area contributed by atoms with E-state index in [1.807, 2.05) is 0 Å². The van der Waals surface area contributed by atoms with Crippen LogP contribution < -0.4 is 0 Å². The summed E-state index contributed by atoms with van der Waals surface area (Å²) in [6.45, 7) is 3.05. The average molecular weight is 355 g/mol. The number of rotatable bonds is 1. The molecule has 1 amide bonds. The molecule has 136 valence electrons. The monoisotopic (exact) mass is 355 g/mol. The first-order valence-electron chi connectivity index (χ1n) is 8.24. The minimum absolute atomic E-state index is 0.00823. The van der Waals surface area contributed by atoms with Gasteiger partial charge in [-0.2, -0.15) is 13.2 Å². The van der Waals surface area contributed by atoms with E-state index in [0.717, 1.165) is 5.56 Å². The third-order valence-corrected chi connectivity index (χ3v) is 5.10. The lowest BCUT2D eigenvalue weighted by atomic mass is 9.73. The number of likely N-dealkylation sites (tertiary alicyclic amines) is 1. The predicted molar refractivity (Wildman–Crippen MR) is 83.9 cm³/mol. The van der Waals surface area contributed by atoms with Crippen LogP contribution in [0.25, 0.3) is 0 Å². The van der Waals surface area contributed by atoms with Crippen molar-refractivity contribution in [2.24, 2.45) is 11.3 Å². The van der Waals surface area contributed by atoms with Crippen LogP contribution in [0.15, 0.2) is 24.3 Å². The smallest absolute Gasteiger partial charge is 0.392 e. The Bertz CT molecular complexity index is 699. The molecule has 4 nitrogen and oxygen atoms in total. The van der Waals surface area contributed by atoms with Crippen LogP contribution in [0.5, 0.6) is 0 Å². The Morgan fingerprint density at radius 3 is 2.60 bits per heavy atom. The first kappa shape index (κ1) is 17.8. The van der Waals surface area contributed by atoms with Crippen molar-refractivity contribution in [3.8, 4) is 0 Å². The van der Waals surface area contributed by atoms with E-state index < -0.39 is 35.5 Å². The van der Waals surface area contributed by atoms with E-state index in [-0.39, 0.29) is 25.9 Å². The van der Waals surface area contributed by atoms with E-state index in [2.05, 4.69) is 0 Å². The van der Waals surface area contributed by atoms with Crippen LogP contribution in [0.4, 0.5) is 13.2 Å². The SMILES string of the molecule is CC1(C)CN(C(=O)C2Cc3ccccc3C(=O)O2)CCC1C(F)(F)F. The van der Waals surface area contributed by atoms with Crippen LogP contribution in [-0.4, -0.2) is 42.1 Å². The fourth-order valence-corrected chi connectivity index (χ4v) is 3.82. The fraction of sp³-hybridized carbons (Fsp3) is 0.556. The van der Waals surface area contributed by atoms with Crippen LogP contribution >= 0.6 is 0 Å². The largest absolute Gasteiger partial charge is 0.448 e. The Balaban J connectivity index is 1.74. The first-order chi connectivity index (χ1) is 11.6. The molecule has 0 radical (unpaired) electrons. The van der Waals surface area contributed by atoms with Gasteiger partial charge in [0, 0.05) is 19.5 Å². The van der Waals surface area contributed by atoms with Gasteiger partial charge in [-0.25, -0.2) is 4.79 Å². The molecule has 3 rings (SSSR count). The Morgan fingerprint density at radius 1 is 1.28 bits per heavy atom. The molecule has 2 atom stereocenters. The van der Waals surface area contributed by atoms with Crippen LogP contribution in [0.3, 0.4) is 0 Å². The van der Waals surface area contributed by atoms with Gasteiger partial charge in [-0.3, -0.25) is 4.79 Å². The molecule has 7 heteroatoms. The number of cyclic esters (lactones) is 1. The number of halogens is 3. The van der Waals surface area contributed by atoms with E-state index in [9.17, 15) is 22.8 Å². The third kappa shape index (κ3) is 3.37. The standard InChI is InChI=1S/C18H20F3NO3/c1-17(2)10-22(8-7-14(17)18(19,20)21)15(23)13-9-11-5-3-4-6-12(11)16(24)25-13/h3-6,13-14H,7-10H2,1-2H3. The number of piperidine rings is 1. The summed E-state index contributed by atoms with van der Waals surface area (Å²) in [5.41, 5.74) is 0.0761. The summed E-state index contributed by atoms with van der Waals surface area (Å²) in [5, 5.41) is 0. The van der Waals surface area contributed by atoms with E-state index in [0.29, 0.717) is 5.56 Å². The van der Waals surface area contributed by atoms with Gasteiger partial charge in [0.2, 0.25) is 0 Å². The van der Waals surface area contributed by atoms with Gasteiger partial charge in [0.15, 0.2) is 6.10 Å². The summed E-state index contributed by atoms with van der Waals surface area (Å²) >= 11 is 0. The summed E-state index contributed by atoms with van der Waals surface area (Å²) in [5.74, 6) is -2.43. The summed E-state index contributed by atoms with van der Waals surface area (Å²) in [4.78, 5) is 26.2. The second kappa shape index (κ2) is 6.04. The van der Waals surface area contributed by atoms with Crippen molar-refractivity contribution < 1.29 is 27.5 Å². The Kier molecular flexibility index (Phi) is 4.29. The minimum atomic E-state index is -4.28. The number of benzene rings is 1. The minimum Gasteiger partial charge on any atom is -0.448 e. The lowest BCUT2D eigenvalue weighted by Crippen LogP contribution is -2.55. The van der Waals surface area contributed by atoms with E-state index >= 15 is 0 Å². The zero-order chi connectivity index (χ0) is 18.4. The normalized spacial score (nSPS) is 26.0. The second-order valence-electron chi connectivity index (χ2n) is 7.39. The maximum Gasteiger partial charge on any atom is 0.392 e. The number of hydrogen-bond acceptors (Lipinski definition) is 3. The number of alkyl halides is 3. The zero-order valence-corrected chi connectivity index (χ0v) is 14.1. The van der Waals surface area contributed by atoms with Gasteiger partial charge in [-0.05, 0) is 23.5 Å². The van der Waals surface area contributed by atoms with Crippen molar-refractivity contribution in [1.82, 2.24) is 4.90 Å². The molecule has 0 N–H and O–H groups in total. The molecule has 1 saturated heterocycles. The van der Waals surface area contributed by atoms with Crippen LogP contribution in [-0.2, 0) is 16.0 Å². The molecular weight excluding hydrogens is 335 g/mol. The van der Waals surface area contributed by atoms with Gasteiger partial charge in [-0.15, -0.1) is 0 Å². The van der Waals surface area contributed by atoms with Crippen molar-refractivity contribution in [3.63, 3.8) is 0 Å². The number of carbonyl (C=O) groups is 2. The van der Waals surface area contributed by atoms with Crippen LogP contribution in [0.2, 0.25) is 0 Å². The highest BCUT2D eigenvalue weighted by molar-refractivity contribution is 5.95. The first-order valence-corrected chi connectivity index (χ1v) is 8.24. The zero-order valence-electron chi connectivity index (χ0n) is 14.1. The maximum atomic E-state index is 13.2. The van der Waals surface area contributed by atoms with Gasteiger partial charge < -0.3 is 9.64 Å². The number of nitrogens with zero attached hydrogens (tertiary/aromatic N) is 1. The highest BCUT2D eigenvalue weighted by Gasteiger charge is 2.52. The van der Waals surface area contributed by atoms with Crippen LogP contribution in [0.1, 0.15) is 36.2 Å². The van der Waals surface area contributed by atoms with E-state index in [4.69, 9.17) is 4.74 Å². The van der Waals surface area contributed by atoms with Crippen molar-refractivity contribution >= 4 is 11.9 Å². The molecule has 0 spiro atoms. The highest BCUT2D eigenvalue weighted by atomic mass is 19.4. The molecule has 2 aliphatic rings. The molecular formula is C18H20F3NO3. The molecule has 0 aromatic heterocycles. The van der Waals surface area contributed by atoms with Crippen molar-refractivity contribution in [2.45, 2.75) is 39.0 Å². The lowest BCUT2D eigenvalue weighted by Gasteiger charge is -2.45. The summed E-state index contributed by atoms with van der Waals surface area (Å²) in [6, 6.07) is 6.88. The average Bonchev–Trinajstić information content (AvgIpc) is 2.51. The van der Waals surface area contributed by atoms with Gasteiger partial charge in [-0.1, -0.05) is 32.0 Å². The molecule has 2 aliphatic heterocycles. The molecule has 0 bridgehead atoms. The van der Waals surface area contributed by atoms with Gasteiger partial charge in [0.05, 0.1) is 11.5 Å². The van der Waals surface area contributed by atoms with Crippen molar-refractivity contribution in [3.05, 3.63) is 35.4 Å². The maximum absolute atomic E-state index is 13.2. The number of amides is 1.